The number of sulfonamides is 1. The van der Waals surface area contributed by atoms with Crippen molar-refractivity contribution in [1.82, 2.24) is 9.71 Å². The van der Waals surface area contributed by atoms with Crippen LogP contribution in [0.25, 0.3) is 0 Å². The number of hydrogen-bond acceptors (Lipinski definition) is 7. The minimum absolute atomic E-state index is 0.0534. The van der Waals surface area contributed by atoms with Crippen molar-refractivity contribution in [2.75, 3.05) is 24.6 Å². The van der Waals surface area contributed by atoms with Gasteiger partial charge >= 0.3 is 0 Å². The molecule has 1 aromatic carbocycles. The standard InChI is InChI=1S/C30H38ClN3O5S/c1-2-22-5-3-4-6-26(35)23-9-7-20(23)16-34-17-30(14-13-19-15-21(31)8-10-24(19)30)18-39-27-12-11-25(32-28(27)34)29(36)33-40(22,37)38/h8,10-12,15,20,22-23,26,35H,2-7,9,13-14,16-18H2,1H3,(H,33,36)/t20-,22+,23+,26-,30-/m0/s1. The van der Waals surface area contributed by atoms with Gasteiger partial charge in [-0.25, -0.2) is 18.1 Å². The molecule has 0 unspecified atom stereocenters. The van der Waals surface area contributed by atoms with Crippen molar-refractivity contribution in [3.05, 3.63) is 52.2 Å². The number of ether oxygens (including phenoxy) is 1. The quantitative estimate of drug-likeness (QED) is 0.501. The number of hydrogen-bond donors (Lipinski definition) is 2. The molecule has 6 rings (SSSR count). The molecule has 1 saturated carbocycles. The van der Waals surface area contributed by atoms with E-state index in [4.69, 9.17) is 21.3 Å². The summed E-state index contributed by atoms with van der Waals surface area (Å²) in [4.78, 5) is 20.2. The van der Waals surface area contributed by atoms with Crippen LogP contribution in [0.4, 0.5) is 5.82 Å². The zero-order chi connectivity index (χ0) is 28.1. The van der Waals surface area contributed by atoms with Gasteiger partial charge in [0.25, 0.3) is 5.91 Å². The number of aromatic nitrogens is 1. The van der Waals surface area contributed by atoms with E-state index < -0.39 is 27.3 Å². The average Bonchev–Trinajstić information content (AvgIpc) is 3.16. The van der Waals surface area contributed by atoms with Crippen LogP contribution in [0.15, 0.2) is 30.3 Å². The lowest BCUT2D eigenvalue weighted by Gasteiger charge is -2.44. The number of nitrogens with one attached hydrogen (secondary N) is 1. The lowest BCUT2D eigenvalue weighted by Crippen LogP contribution is -2.48. The van der Waals surface area contributed by atoms with Gasteiger partial charge in [-0.2, -0.15) is 0 Å². The highest BCUT2D eigenvalue weighted by Gasteiger charge is 2.46. The van der Waals surface area contributed by atoms with Crippen molar-refractivity contribution in [3.8, 4) is 5.75 Å². The summed E-state index contributed by atoms with van der Waals surface area (Å²) in [5.41, 5.74) is 2.26. The molecule has 1 fully saturated rings. The SMILES string of the molecule is CC[C@@H]1CCCC[C@H](O)[C@@H]2CC[C@H]2CN2C[C@@]3(CCc4cc(Cl)ccc43)COc3ccc(nc32)C(=O)NS1(=O)=O. The van der Waals surface area contributed by atoms with Crippen molar-refractivity contribution in [3.63, 3.8) is 0 Å². The highest BCUT2D eigenvalue weighted by Crippen LogP contribution is 2.47. The molecule has 10 heteroatoms. The number of aryl methyl sites for hydroxylation is 1. The molecule has 3 heterocycles. The fourth-order valence-electron chi connectivity index (χ4n) is 7.26. The van der Waals surface area contributed by atoms with Gasteiger partial charge in [0.1, 0.15) is 5.69 Å². The predicted octanol–water partition coefficient (Wildman–Crippen LogP) is 4.62. The molecule has 1 spiro atoms. The van der Waals surface area contributed by atoms with Gasteiger partial charge in [0.2, 0.25) is 10.0 Å². The molecule has 2 aromatic rings. The van der Waals surface area contributed by atoms with Crippen LogP contribution in [0.5, 0.6) is 5.75 Å². The number of aliphatic hydroxyl groups excluding tert-OH is 1. The third kappa shape index (κ3) is 5.09. The summed E-state index contributed by atoms with van der Waals surface area (Å²) in [5.74, 6) is 0.930. The van der Waals surface area contributed by atoms with Crippen LogP contribution in [0, 0.1) is 11.8 Å². The van der Waals surface area contributed by atoms with Gasteiger partial charge in [-0.3, -0.25) is 4.79 Å². The van der Waals surface area contributed by atoms with Crippen LogP contribution >= 0.6 is 11.6 Å². The van der Waals surface area contributed by atoms with Crippen molar-refractivity contribution >= 4 is 33.3 Å². The molecule has 8 nitrogen and oxygen atoms in total. The second-order valence-electron chi connectivity index (χ2n) is 12.1. The topological polar surface area (TPSA) is 109 Å². The van der Waals surface area contributed by atoms with Gasteiger partial charge in [-0.15, -0.1) is 0 Å². The summed E-state index contributed by atoms with van der Waals surface area (Å²) in [5, 5.41) is 11.2. The minimum atomic E-state index is -3.88. The normalized spacial score (nSPS) is 31.8. The Bertz CT molecular complexity index is 1400. The van der Waals surface area contributed by atoms with Crippen LogP contribution in [-0.2, 0) is 21.9 Å². The van der Waals surface area contributed by atoms with E-state index in [0.29, 0.717) is 62.9 Å². The molecule has 2 aliphatic heterocycles. The Morgan fingerprint density at radius 1 is 1.18 bits per heavy atom. The first-order valence-corrected chi connectivity index (χ1v) is 16.5. The fraction of sp³-hybridized carbons (Fsp3) is 0.600. The summed E-state index contributed by atoms with van der Waals surface area (Å²) in [6.07, 6.45) is 6.39. The Morgan fingerprint density at radius 3 is 2.77 bits per heavy atom. The summed E-state index contributed by atoms with van der Waals surface area (Å²) in [6.45, 7) is 3.64. The van der Waals surface area contributed by atoms with Gasteiger partial charge in [0, 0.05) is 23.5 Å². The third-order valence-corrected chi connectivity index (χ3v) is 11.9. The Labute approximate surface area is 241 Å². The van der Waals surface area contributed by atoms with Crippen molar-refractivity contribution in [1.29, 1.82) is 0 Å². The van der Waals surface area contributed by atoms with Gasteiger partial charge in [-0.05, 0) is 92.2 Å². The van der Waals surface area contributed by atoms with E-state index in [-0.39, 0.29) is 17.0 Å². The second kappa shape index (κ2) is 10.8. The van der Waals surface area contributed by atoms with E-state index in [1.165, 1.54) is 11.1 Å². The number of fused-ring (bicyclic) bond motifs is 4. The third-order valence-electron chi connectivity index (χ3n) is 9.71. The maximum Gasteiger partial charge on any atom is 0.283 e. The maximum atomic E-state index is 13.2. The van der Waals surface area contributed by atoms with Gasteiger partial charge < -0.3 is 14.7 Å². The molecule has 0 saturated heterocycles. The van der Waals surface area contributed by atoms with Gasteiger partial charge in [0.05, 0.1) is 18.0 Å². The minimum Gasteiger partial charge on any atom is -0.489 e. The number of carbonyl (C=O) groups is 1. The number of aliphatic hydroxyl groups is 1. The summed E-state index contributed by atoms with van der Waals surface area (Å²) < 4.78 is 34.9. The van der Waals surface area contributed by atoms with E-state index in [9.17, 15) is 18.3 Å². The summed E-state index contributed by atoms with van der Waals surface area (Å²) >= 11 is 6.32. The second-order valence-corrected chi connectivity index (χ2v) is 14.5. The summed E-state index contributed by atoms with van der Waals surface area (Å²) in [6, 6.07) is 9.37. The molecular formula is C30H38ClN3O5S. The van der Waals surface area contributed by atoms with E-state index in [0.717, 1.165) is 37.1 Å². The highest BCUT2D eigenvalue weighted by molar-refractivity contribution is 7.90. The van der Waals surface area contributed by atoms with Crippen molar-refractivity contribution in [2.24, 2.45) is 11.8 Å². The molecule has 4 aliphatic rings. The molecule has 2 bridgehead atoms. The maximum absolute atomic E-state index is 13.2. The van der Waals surface area contributed by atoms with E-state index in [2.05, 4.69) is 15.7 Å². The summed E-state index contributed by atoms with van der Waals surface area (Å²) in [7, 11) is -3.88. The number of benzene rings is 1. The lowest BCUT2D eigenvalue weighted by molar-refractivity contribution is 0.00904. The molecule has 1 amide bonds. The van der Waals surface area contributed by atoms with Crippen molar-refractivity contribution < 1.29 is 23.1 Å². The monoisotopic (exact) mass is 587 g/mol. The molecule has 2 N–H and O–H groups in total. The smallest absolute Gasteiger partial charge is 0.283 e. The number of amides is 1. The fourth-order valence-corrected chi connectivity index (χ4v) is 8.90. The van der Waals surface area contributed by atoms with E-state index >= 15 is 0 Å². The van der Waals surface area contributed by atoms with Crippen LogP contribution < -0.4 is 14.4 Å². The zero-order valence-corrected chi connectivity index (χ0v) is 24.5. The Kier molecular flexibility index (Phi) is 7.51. The average molecular weight is 588 g/mol. The molecular weight excluding hydrogens is 550 g/mol. The first-order valence-electron chi connectivity index (χ1n) is 14.6. The van der Waals surface area contributed by atoms with Crippen LogP contribution in [-0.4, -0.2) is 55.5 Å². The Hall–Kier alpha value is -2.36. The van der Waals surface area contributed by atoms with Gasteiger partial charge in [0.15, 0.2) is 11.6 Å². The van der Waals surface area contributed by atoms with E-state index in [1.54, 1.807) is 12.1 Å². The molecule has 2 aliphatic carbocycles. The van der Waals surface area contributed by atoms with Crippen LogP contribution in [0.2, 0.25) is 5.02 Å². The van der Waals surface area contributed by atoms with Gasteiger partial charge in [-0.1, -0.05) is 37.4 Å². The largest absolute Gasteiger partial charge is 0.489 e. The Balaban J connectivity index is 1.39. The zero-order valence-electron chi connectivity index (χ0n) is 22.9. The number of carbonyl (C=O) groups excluding carboxylic acids is 1. The first kappa shape index (κ1) is 27.8. The molecule has 40 heavy (non-hydrogen) atoms. The lowest BCUT2D eigenvalue weighted by atomic mass is 9.69. The van der Waals surface area contributed by atoms with Crippen LogP contribution in [0.1, 0.15) is 79.9 Å². The highest BCUT2D eigenvalue weighted by atomic mass is 35.5. The van der Waals surface area contributed by atoms with Crippen molar-refractivity contribution in [2.45, 2.75) is 81.5 Å². The number of anilines is 1. The number of pyridine rings is 1. The predicted molar refractivity (Wildman–Crippen MR) is 155 cm³/mol. The molecule has 1 aromatic heterocycles. The molecule has 0 radical (unpaired) electrons. The first-order chi connectivity index (χ1) is 19.2. The van der Waals surface area contributed by atoms with E-state index in [1.807, 2.05) is 19.1 Å². The molecule has 216 valence electrons. The number of rotatable bonds is 1. The molecule has 5 atom stereocenters. The number of nitrogens with zero attached hydrogens (tertiary/aromatic N) is 2. The number of halogens is 1. The Morgan fingerprint density at radius 2 is 2.00 bits per heavy atom. The van der Waals surface area contributed by atoms with Crippen LogP contribution in [0.3, 0.4) is 0 Å².